The first kappa shape index (κ1) is 12.8. The topological polar surface area (TPSA) is 43.4 Å². The molecule has 1 aromatic rings. The van der Waals surface area contributed by atoms with Gasteiger partial charge in [0.2, 0.25) is 5.78 Å². The molecular formula is C12H14O3S. The first-order valence-electron chi connectivity index (χ1n) is 5.00. The average Bonchev–Trinajstić information content (AvgIpc) is 2.30. The van der Waals surface area contributed by atoms with Crippen LogP contribution in [0.3, 0.4) is 0 Å². The first-order chi connectivity index (χ1) is 7.67. The van der Waals surface area contributed by atoms with Crippen molar-refractivity contribution < 1.29 is 14.3 Å². The standard InChI is InChI=1S/C12H14O3S/c1-3-15-12(14)11(13)8-9-4-6-10(16-2)7-5-9/h4-7H,3,8H2,1-2H3. The van der Waals surface area contributed by atoms with Crippen molar-refractivity contribution in [3.8, 4) is 0 Å². The van der Waals surface area contributed by atoms with Crippen molar-refractivity contribution in [2.45, 2.75) is 18.2 Å². The van der Waals surface area contributed by atoms with Crippen LogP contribution >= 0.6 is 11.8 Å². The van der Waals surface area contributed by atoms with Crippen LogP contribution < -0.4 is 0 Å². The molecule has 0 atom stereocenters. The second-order valence-electron chi connectivity index (χ2n) is 3.17. The van der Waals surface area contributed by atoms with Crippen LogP contribution in [0.1, 0.15) is 12.5 Å². The molecular weight excluding hydrogens is 224 g/mol. The van der Waals surface area contributed by atoms with E-state index >= 15 is 0 Å². The molecule has 0 fully saturated rings. The van der Waals surface area contributed by atoms with Crippen LogP contribution in [0.25, 0.3) is 0 Å². The molecule has 0 saturated carbocycles. The summed E-state index contributed by atoms with van der Waals surface area (Å²) >= 11 is 1.63. The molecule has 3 nitrogen and oxygen atoms in total. The highest BCUT2D eigenvalue weighted by Gasteiger charge is 2.14. The molecule has 0 amide bonds. The average molecular weight is 238 g/mol. The Morgan fingerprint density at radius 3 is 2.38 bits per heavy atom. The Morgan fingerprint density at radius 2 is 1.88 bits per heavy atom. The number of esters is 1. The van der Waals surface area contributed by atoms with Gasteiger partial charge in [-0.3, -0.25) is 4.79 Å². The van der Waals surface area contributed by atoms with E-state index in [1.807, 2.05) is 30.5 Å². The highest BCUT2D eigenvalue weighted by atomic mass is 32.2. The maximum absolute atomic E-state index is 11.4. The van der Waals surface area contributed by atoms with Crippen molar-refractivity contribution >= 4 is 23.5 Å². The molecule has 1 rings (SSSR count). The molecule has 4 heteroatoms. The van der Waals surface area contributed by atoms with Gasteiger partial charge in [0.05, 0.1) is 6.61 Å². The summed E-state index contributed by atoms with van der Waals surface area (Å²) in [5.74, 6) is -1.25. The Labute approximate surface area is 99.2 Å². The molecule has 0 heterocycles. The molecule has 16 heavy (non-hydrogen) atoms. The van der Waals surface area contributed by atoms with Crippen molar-refractivity contribution in [3.63, 3.8) is 0 Å². The quantitative estimate of drug-likeness (QED) is 0.447. The molecule has 0 N–H and O–H groups in total. The molecule has 0 saturated heterocycles. The van der Waals surface area contributed by atoms with Gasteiger partial charge in [-0.1, -0.05) is 12.1 Å². The first-order valence-corrected chi connectivity index (χ1v) is 6.22. The van der Waals surface area contributed by atoms with Crippen molar-refractivity contribution in [1.29, 1.82) is 0 Å². The van der Waals surface area contributed by atoms with Crippen LogP contribution in [-0.2, 0) is 20.7 Å². The number of benzene rings is 1. The van der Waals surface area contributed by atoms with E-state index in [0.29, 0.717) is 0 Å². The Balaban J connectivity index is 2.59. The fourth-order valence-electron chi connectivity index (χ4n) is 1.21. The van der Waals surface area contributed by atoms with Gasteiger partial charge in [0.1, 0.15) is 0 Å². The lowest BCUT2D eigenvalue weighted by Gasteiger charge is -2.02. The normalized spacial score (nSPS) is 9.88. The second kappa shape index (κ2) is 6.33. The van der Waals surface area contributed by atoms with Gasteiger partial charge in [-0.25, -0.2) is 4.79 Å². The van der Waals surface area contributed by atoms with Crippen molar-refractivity contribution in [1.82, 2.24) is 0 Å². The number of thioether (sulfide) groups is 1. The molecule has 0 aromatic heterocycles. The van der Waals surface area contributed by atoms with E-state index in [0.717, 1.165) is 10.5 Å². The van der Waals surface area contributed by atoms with Crippen molar-refractivity contribution in [2.75, 3.05) is 12.9 Å². The van der Waals surface area contributed by atoms with Gasteiger partial charge in [-0.15, -0.1) is 11.8 Å². The molecule has 0 bridgehead atoms. The van der Waals surface area contributed by atoms with Crippen LogP contribution in [0.4, 0.5) is 0 Å². The molecule has 0 aliphatic carbocycles. The minimum absolute atomic E-state index is 0.105. The second-order valence-corrected chi connectivity index (χ2v) is 4.05. The highest BCUT2D eigenvalue weighted by molar-refractivity contribution is 7.98. The number of hydrogen-bond donors (Lipinski definition) is 0. The zero-order valence-corrected chi connectivity index (χ0v) is 10.2. The van der Waals surface area contributed by atoms with E-state index in [2.05, 4.69) is 4.74 Å². The maximum atomic E-state index is 11.4. The fraction of sp³-hybridized carbons (Fsp3) is 0.333. The molecule has 0 aliphatic heterocycles. The molecule has 0 unspecified atom stereocenters. The minimum Gasteiger partial charge on any atom is -0.460 e. The Morgan fingerprint density at radius 1 is 1.25 bits per heavy atom. The fourth-order valence-corrected chi connectivity index (χ4v) is 1.62. The highest BCUT2D eigenvalue weighted by Crippen LogP contribution is 2.15. The molecule has 0 spiro atoms. The van der Waals surface area contributed by atoms with Gasteiger partial charge < -0.3 is 4.74 Å². The third kappa shape index (κ3) is 3.70. The number of carbonyl (C=O) groups is 2. The predicted octanol–water partition coefficient (Wildman–Crippen LogP) is 2.08. The van der Waals surface area contributed by atoms with Gasteiger partial charge in [-0.2, -0.15) is 0 Å². The van der Waals surface area contributed by atoms with Crippen LogP contribution in [0.5, 0.6) is 0 Å². The maximum Gasteiger partial charge on any atom is 0.374 e. The van der Waals surface area contributed by atoms with Crippen LogP contribution in [0.2, 0.25) is 0 Å². The number of ether oxygens (including phenoxy) is 1. The number of Topliss-reactive ketones (excluding diaryl/α,β-unsaturated/α-hetero) is 1. The van der Waals surface area contributed by atoms with E-state index < -0.39 is 11.8 Å². The van der Waals surface area contributed by atoms with E-state index in [1.165, 1.54) is 0 Å². The lowest BCUT2D eigenvalue weighted by Crippen LogP contribution is -2.19. The molecule has 1 aromatic carbocycles. The van der Waals surface area contributed by atoms with E-state index in [1.54, 1.807) is 18.7 Å². The van der Waals surface area contributed by atoms with Crippen LogP contribution in [0, 0.1) is 0 Å². The summed E-state index contributed by atoms with van der Waals surface area (Å²) < 4.78 is 4.63. The monoisotopic (exact) mass is 238 g/mol. The summed E-state index contributed by atoms with van der Waals surface area (Å²) in [5.41, 5.74) is 0.829. The van der Waals surface area contributed by atoms with Gasteiger partial charge in [0.15, 0.2) is 0 Å². The number of hydrogen-bond acceptors (Lipinski definition) is 4. The summed E-state index contributed by atoms with van der Waals surface area (Å²) in [5, 5.41) is 0. The van der Waals surface area contributed by atoms with Crippen molar-refractivity contribution in [2.24, 2.45) is 0 Å². The number of carbonyl (C=O) groups excluding carboxylic acids is 2. The molecule has 0 radical (unpaired) electrons. The predicted molar refractivity (Wildman–Crippen MR) is 63.6 cm³/mol. The van der Waals surface area contributed by atoms with Crippen molar-refractivity contribution in [3.05, 3.63) is 29.8 Å². The number of ketones is 1. The van der Waals surface area contributed by atoms with Crippen LogP contribution in [-0.4, -0.2) is 24.6 Å². The summed E-state index contributed by atoms with van der Waals surface area (Å²) in [6, 6.07) is 7.56. The zero-order valence-electron chi connectivity index (χ0n) is 9.36. The van der Waals surface area contributed by atoms with Crippen LogP contribution in [0.15, 0.2) is 29.2 Å². The lowest BCUT2D eigenvalue weighted by molar-refractivity contribution is -0.153. The van der Waals surface area contributed by atoms with Gasteiger partial charge in [0, 0.05) is 11.3 Å². The Kier molecular flexibility index (Phi) is 5.05. The third-order valence-electron chi connectivity index (χ3n) is 2.03. The summed E-state index contributed by atoms with van der Waals surface area (Å²) in [4.78, 5) is 23.6. The zero-order chi connectivity index (χ0) is 12.0. The smallest absolute Gasteiger partial charge is 0.374 e. The third-order valence-corrected chi connectivity index (χ3v) is 2.77. The summed E-state index contributed by atoms with van der Waals surface area (Å²) in [6.07, 6.45) is 2.09. The number of rotatable bonds is 5. The largest absolute Gasteiger partial charge is 0.460 e. The van der Waals surface area contributed by atoms with E-state index in [9.17, 15) is 9.59 Å². The van der Waals surface area contributed by atoms with E-state index in [-0.39, 0.29) is 13.0 Å². The van der Waals surface area contributed by atoms with Gasteiger partial charge in [0.25, 0.3) is 0 Å². The van der Waals surface area contributed by atoms with E-state index in [4.69, 9.17) is 0 Å². The lowest BCUT2D eigenvalue weighted by atomic mass is 10.1. The van der Waals surface area contributed by atoms with Gasteiger partial charge in [-0.05, 0) is 30.9 Å². The van der Waals surface area contributed by atoms with Gasteiger partial charge >= 0.3 is 5.97 Å². The Bertz CT molecular complexity index is 370. The Hall–Kier alpha value is -1.29. The molecule has 86 valence electrons. The minimum atomic E-state index is -0.753. The SMILES string of the molecule is CCOC(=O)C(=O)Cc1ccc(SC)cc1. The summed E-state index contributed by atoms with van der Waals surface area (Å²) in [6.45, 7) is 1.91. The summed E-state index contributed by atoms with van der Waals surface area (Å²) in [7, 11) is 0. The molecule has 0 aliphatic rings.